The molecule has 0 aromatic carbocycles. The summed E-state index contributed by atoms with van der Waals surface area (Å²) in [5.41, 5.74) is 0. The molecule has 0 aromatic heterocycles. The summed E-state index contributed by atoms with van der Waals surface area (Å²) in [5.74, 6) is 0. The molecule has 0 radical (unpaired) electrons. The predicted molar refractivity (Wildman–Crippen MR) is 124 cm³/mol. The molecular formula is C23H42Br2O. The van der Waals surface area contributed by atoms with Gasteiger partial charge in [-0.2, -0.15) is 0 Å². The molecule has 1 rings (SSSR count). The largest absolute Gasteiger partial charge is 0.371 e. The highest BCUT2D eigenvalue weighted by Crippen LogP contribution is 2.22. The van der Waals surface area contributed by atoms with E-state index in [9.17, 15) is 0 Å². The van der Waals surface area contributed by atoms with Crippen LogP contribution in [-0.2, 0) is 4.74 Å². The fourth-order valence-electron chi connectivity index (χ4n) is 3.75. The lowest BCUT2D eigenvalue weighted by molar-refractivity contribution is -0.00434. The normalized spacial score (nSPS) is 19.9. The van der Waals surface area contributed by atoms with E-state index in [-0.39, 0.29) is 0 Å². The molecule has 154 valence electrons. The summed E-state index contributed by atoms with van der Waals surface area (Å²) >= 11 is 7.01. The Morgan fingerprint density at radius 3 is 1.62 bits per heavy atom. The Balaban J connectivity index is 1.92. The number of hydrogen-bond acceptors (Lipinski definition) is 1. The van der Waals surface area contributed by atoms with Crippen molar-refractivity contribution < 1.29 is 4.74 Å². The third-order valence-electron chi connectivity index (χ3n) is 5.40. The van der Waals surface area contributed by atoms with Gasteiger partial charge in [-0.25, -0.2) is 0 Å². The zero-order chi connectivity index (χ0) is 18.7. The van der Waals surface area contributed by atoms with Crippen LogP contribution in [-0.4, -0.2) is 22.9 Å². The van der Waals surface area contributed by atoms with Crippen LogP contribution in [0.1, 0.15) is 109 Å². The number of hydrogen-bond donors (Lipinski definition) is 0. The van der Waals surface area contributed by atoms with Crippen molar-refractivity contribution in [2.45, 2.75) is 121 Å². The molecule has 0 saturated heterocycles. The predicted octanol–water partition coefficient (Wildman–Crippen LogP) is 8.73. The van der Waals surface area contributed by atoms with Gasteiger partial charge < -0.3 is 4.74 Å². The average Bonchev–Trinajstić information content (AvgIpc) is 2.66. The molecule has 0 bridgehead atoms. The molecule has 1 heterocycles. The Labute approximate surface area is 180 Å². The molecule has 1 aliphatic heterocycles. The van der Waals surface area contributed by atoms with Gasteiger partial charge in [0.05, 0.1) is 12.2 Å². The van der Waals surface area contributed by atoms with E-state index < -0.39 is 0 Å². The Bertz CT molecular complexity index is 319. The second-order valence-electron chi connectivity index (χ2n) is 7.87. The van der Waals surface area contributed by atoms with Gasteiger partial charge in [0.2, 0.25) is 0 Å². The Kier molecular flexibility index (Phi) is 18.0. The SMILES string of the molecule is BrCCCCCCCCC[C@H]1CC=C[C@@H](CCCCCCCCCBr)O1. The minimum atomic E-state index is 0.395. The monoisotopic (exact) mass is 492 g/mol. The van der Waals surface area contributed by atoms with Gasteiger partial charge >= 0.3 is 0 Å². The van der Waals surface area contributed by atoms with Gasteiger partial charge in [-0.1, -0.05) is 121 Å². The molecular weight excluding hydrogens is 452 g/mol. The first kappa shape index (κ1) is 24.7. The first-order valence-corrected chi connectivity index (χ1v) is 13.5. The number of halogens is 2. The minimum Gasteiger partial charge on any atom is -0.371 e. The minimum absolute atomic E-state index is 0.395. The summed E-state index contributed by atoms with van der Waals surface area (Å²) in [5, 5.41) is 2.33. The highest BCUT2D eigenvalue weighted by molar-refractivity contribution is 9.09. The summed E-state index contributed by atoms with van der Waals surface area (Å²) in [6, 6.07) is 0. The zero-order valence-corrected chi connectivity index (χ0v) is 20.1. The van der Waals surface area contributed by atoms with E-state index in [0.29, 0.717) is 12.2 Å². The van der Waals surface area contributed by atoms with E-state index >= 15 is 0 Å². The van der Waals surface area contributed by atoms with Gasteiger partial charge in [-0.05, 0) is 32.1 Å². The third kappa shape index (κ3) is 14.7. The van der Waals surface area contributed by atoms with Crippen LogP contribution in [0.4, 0.5) is 0 Å². The van der Waals surface area contributed by atoms with Crippen LogP contribution >= 0.6 is 31.9 Å². The molecule has 0 saturated carbocycles. The molecule has 2 atom stereocenters. The average molecular weight is 494 g/mol. The molecule has 3 heteroatoms. The summed E-state index contributed by atoms with van der Waals surface area (Å²) in [6.07, 6.45) is 28.5. The number of unbranched alkanes of at least 4 members (excludes halogenated alkanes) is 12. The maximum Gasteiger partial charge on any atom is 0.0759 e. The van der Waals surface area contributed by atoms with Gasteiger partial charge in [0.15, 0.2) is 0 Å². The van der Waals surface area contributed by atoms with Crippen molar-refractivity contribution in [2.75, 3.05) is 10.7 Å². The van der Waals surface area contributed by atoms with E-state index in [1.807, 2.05) is 0 Å². The molecule has 0 aromatic rings. The van der Waals surface area contributed by atoms with E-state index in [1.165, 1.54) is 103 Å². The van der Waals surface area contributed by atoms with Crippen molar-refractivity contribution in [1.82, 2.24) is 0 Å². The quantitative estimate of drug-likeness (QED) is 0.105. The Morgan fingerprint density at radius 2 is 1.08 bits per heavy atom. The second kappa shape index (κ2) is 19.0. The van der Waals surface area contributed by atoms with E-state index in [4.69, 9.17) is 4.74 Å². The van der Waals surface area contributed by atoms with E-state index in [1.54, 1.807) is 0 Å². The van der Waals surface area contributed by atoms with Crippen molar-refractivity contribution in [3.63, 3.8) is 0 Å². The Hall–Kier alpha value is 0.660. The van der Waals surface area contributed by atoms with Gasteiger partial charge in [-0.3, -0.25) is 0 Å². The van der Waals surface area contributed by atoms with E-state index in [0.717, 1.165) is 17.1 Å². The maximum atomic E-state index is 6.31. The molecule has 26 heavy (non-hydrogen) atoms. The maximum absolute atomic E-state index is 6.31. The molecule has 1 aliphatic rings. The van der Waals surface area contributed by atoms with Crippen molar-refractivity contribution in [1.29, 1.82) is 0 Å². The first-order chi connectivity index (χ1) is 12.9. The van der Waals surface area contributed by atoms with Crippen LogP contribution in [0.2, 0.25) is 0 Å². The van der Waals surface area contributed by atoms with Crippen molar-refractivity contribution in [2.24, 2.45) is 0 Å². The summed E-state index contributed by atoms with van der Waals surface area (Å²) in [6.45, 7) is 0. The molecule has 0 unspecified atom stereocenters. The third-order valence-corrected chi connectivity index (χ3v) is 6.52. The summed E-state index contributed by atoms with van der Waals surface area (Å²) in [7, 11) is 0. The summed E-state index contributed by atoms with van der Waals surface area (Å²) < 4.78 is 6.31. The molecule has 0 aliphatic carbocycles. The van der Waals surface area contributed by atoms with Crippen LogP contribution in [0, 0.1) is 0 Å². The van der Waals surface area contributed by atoms with Gasteiger partial charge in [-0.15, -0.1) is 0 Å². The van der Waals surface area contributed by atoms with Crippen molar-refractivity contribution >= 4 is 31.9 Å². The first-order valence-electron chi connectivity index (χ1n) is 11.3. The van der Waals surface area contributed by atoms with Gasteiger partial charge in [0, 0.05) is 10.7 Å². The lowest BCUT2D eigenvalue weighted by Crippen LogP contribution is -2.24. The number of rotatable bonds is 18. The lowest BCUT2D eigenvalue weighted by atomic mass is 10.0. The van der Waals surface area contributed by atoms with Gasteiger partial charge in [0.1, 0.15) is 0 Å². The fourth-order valence-corrected chi connectivity index (χ4v) is 4.55. The second-order valence-corrected chi connectivity index (χ2v) is 9.45. The smallest absolute Gasteiger partial charge is 0.0759 e. The number of ether oxygens (including phenoxy) is 1. The lowest BCUT2D eigenvalue weighted by Gasteiger charge is -2.26. The van der Waals surface area contributed by atoms with Crippen LogP contribution < -0.4 is 0 Å². The van der Waals surface area contributed by atoms with Crippen molar-refractivity contribution in [3.05, 3.63) is 12.2 Å². The van der Waals surface area contributed by atoms with Crippen LogP contribution in [0.15, 0.2) is 12.2 Å². The van der Waals surface area contributed by atoms with Crippen LogP contribution in [0.5, 0.6) is 0 Å². The highest BCUT2D eigenvalue weighted by atomic mass is 79.9. The van der Waals surface area contributed by atoms with E-state index in [2.05, 4.69) is 44.0 Å². The molecule has 0 spiro atoms. The zero-order valence-electron chi connectivity index (χ0n) is 16.9. The highest BCUT2D eigenvalue weighted by Gasteiger charge is 2.17. The van der Waals surface area contributed by atoms with Crippen LogP contribution in [0.3, 0.4) is 0 Å². The fraction of sp³-hybridized carbons (Fsp3) is 0.913. The standard InChI is InChI=1S/C23H42Br2O/c24-20-13-9-5-1-3-7-11-16-22-18-15-19-23(26-22)17-12-8-4-2-6-10-14-21-25/h15,18,22-23H,1-14,16-17,19-21H2/t22-,23+/m1/s1. The van der Waals surface area contributed by atoms with Gasteiger partial charge in [0.25, 0.3) is 0 Å². The van der Waals surface area contributed by atoms with Crippen molar-refractivity contribution in [3.8, 4) is 0 Å². The molecule has 1 nitrogen and oxygen atoms in total. The Morgan fingerprint density at radius 1 is 0.615 bits per heavy atom. The molecule has 0 amide bonds. The molecule has 0 fully saturated rings. The number of alkyl halides is 2. The topological polar surface area (TPSA) is 9.23 Å². The molecule has 0 N–H and O–H groups in total. The van der Waals surface area contributed by atoms with Crippen LogP contribution in [0.25, 0.3) is 0 Å². The summed E-state index contributed by atoms with van der Waals surface area (Å²) in [4.78, 5) is 0.